The summed E-state index contributed by atoms with van der Waals surface area (Å²) < 4.78 is 5.58. The summed E-state index contributed by atoms with van der Waals surface area (Å²) in [5.74, 6) is -0.817. The number of ether oxygens (including phenoxy) is 1. The Labute approximate surface area is 125 Å². The number of hydrogen-bond donors (Lipinski definition) is 2. The molecule has 0 saturated carbocycles. The van der Waals surface area contributed by atoms with Gasteiger partial charge in [0.15, 0.2) is 0 Å². The van der Waals surface area contributed by atoms with Gasteiger partial charge in [-0.15, -0.1) is 0 Å². The molecule has 7 nitrogen and oxygen atoms in total. The van der Waals surface area contributed by atoms with Crippen LogP contribution in [-0.2, 0) is 9.53 Å². The van der Waals surface area contributed by atoms with Crippen LogP contribution in [0.15, 0.2) is 0 Å². The summed E-state index contributed by atoms with van der Waals surface area (Å²) in [4.78, 5) is 26.6. The lowest BCUT2D eigenvalue weighted by molar-refractivity contribution is -0.143. The maximum absolute atomic E-state index is 12.1. The number of carbonyl (C=O) groups is 2. The minimum atomic E-state index is -0.817. The topological polar surface area (TPSA) is 82.1 Å². The van der Waals surface area contributed by atoms with Crippen LogP contribution in [0, 0.1) is 0 Å². The number of carboxylic acid groups (broad SMARTS) is 1. The van der Waals surface area contributed by atoms with Crippen molar-refractivity contribution in [3.63, 3.8) is 0 Å². The minimum absolute atomic E-state index is 0.0770. The van der Waals surface area contributed by atoms with Gasteiger partial charge in [-0.05, 0) is 26.2 Å². The highest BCUT2D eigenvalue weighted by Crippen LogP contribution is 2.12. The van der Waals surface area contributed by atoms with Gasteiger partial charge in [0, 0.05) is 39.3 Å². The largest absolute Gasteiger partial charge is 0.480 e. The van der Waals surface area contributed by atoms with Crippen molar-refractivity contribution in [3.8, 4) is 0 Å². The minimum Gasteiger partial charge on any atom is -0.480 e. The Hall–Kier alpha value is -1.34. The number of nitrogens with zero attached hydrogens (tertiary/aromatic N) is 2. The van der Waals surface area contributed by atoms with Crippen molar-refractivity contribution in [2.45, 2.75) is 38.3 Å². The number of aliphatic carboxylic acids is 1. The molecule has 0 bridgehead atoms. The standard InChI is InChI=1S/C14H25N3O4/c1-11(13(18)19)16-5-7-17(8-6-16)14(20)15-10-12-4-2-3-9-21-12/h11-12H,2-10H2,1H3,(H,15,20)(H,18,19). The zero-order valence-electron chi connectivity index (χ0n) is 12.6. The molecule has 2 saturated heterocycles. The van der Waals surface area contributed by atoms with Gasteiger partial charge in [-0.3, -0.25) is 9.69 Å². The Kier molecular flexibility index (Phi) is 5.81. The molecule has 0 aromatic heterocycles. The smallest absolute Gasteiger partial charge is 0.320 e. The maximum Gasteiger partial charge on any atom is 0.320 e. The fourth-order valence-corrected chi connectivity index (χ4v) is 2.75. The van der Waals surface area contributed by atoms with Crippen molar-refractivity contribution in [2.24, 2.45) is 0 Å². The molecule has 2 aliphatic heterocycles. The fourth-order valence-electron chi connectivity index (χ4n) is 2.75. The van der Waals surface area contributed by atoms with Crippen LogP contribution in [0.2, 0.25) is 0 Å². The molecule has 21 heavy (non-hydrogen) atoms. The molecule has 2 rings (SSSR count). The van der Waals surface area contributed by atoms with Crippen molar-refractivity contribution >= 4 is 12.0 Å². The lowest BCUT2D eigenvalue weighted by Gasteiger charge is -2.36. The highest BCUT2D eigenvalue weighted by Gasteiger charge is 2.27. The average Bonchev–Trinajstić information content (AvgIpc) is 2.53. The molecule has 2 fully saturated rings. The first-order valence-electron chi connectivity index (χ1n) is 7.69. The first-order chi connectivity index (χ1) is 10.1. The average molecular weight is 299 g/mol. The van der Waals surface area contributed by atoms with E-state index in [1.807, 2.05) is 4.90 Å². The van der Waals surface area contributed by atoms with E-state index in [9.17, 15) is 9.59 Å². The van der Waals surface area contributed by atoms with E-state index < -0.39 is 12.0 Å². The molecule has 0 aromatic carbocycles. The molecule has 0 aromatic rings. The molecular weight excluding hydrogens is 274 g/mol. The van der Waals surface area contributed by atoms with Crippen molar-refractivity contribution in [1.29, 1.82) is 0 Å². The monoisotopic (exact) mass is 299 g/mol. The third-order valence-corrected chi connectivity index (χ3v) is 4.26. The van der Waals surface area contributed by atoms with E-state index in [0.717, 1.165) is 25.9 Å². The van der Waals surface area contributed by atoms with E-state index in [1.165, 1.54) is 0 Å². The zero-order chi connectivity index (χ0) is 15.2. The molecule has 7 heteroatoms. The van der Waals surface area contributed by atoms with Crippen LogP contribution in [-0.4, -0.2) is 78.4 Å². The van der Waals surface area contributed by atoms with Gasteiger partial charge in [-0.2, -0.15) is 0 Å². The molecule has 120 valence electrons. The molecular formula is C14H25N3O4. The van der Waals surface area contributed by atoms with Crippen LogP contribution in [0.3, 0.4) is 0 Å². The number of hydrogen-bond acceptors (Lipinski definition) is 4. The second-order valence-corrected chi connectivity index (χ2v) is 5.71. The molecule has 0 spiro atoms. The summed E-state index contributed by atoms with van der Waals surface area (Å²) in [6.45, 7) is 5.35. The number of rotatable bonds is 4. The summed E-state index contributed by atoms with van der Waals surface area (Å²) in [7, 11) is 0. The van der Waals surface area contributed by atoms with Crippen LogP contribution in [0.4, 0.5) is 4.79 Å². The summed E-state index contributed by atoms with van der Waals surface area (Å²) in [5, 5.41) is 11.9. The summed E-state index contributed by atoms with van der Waals surface area (Å²) in [5.41, 5.74) is 0. The number of carboxylic acids is 1. The molecule has 2 N–H and O–H groups in total. The maximum atomic E-state index is 12.1. The van der Waals surface area contributed by atoms with E-state index in [-0.39, 0.29) is 12.1 Å². The van der Waals surface area contributed by atoms with Crippen molar-refractivity contribution < 1.29 is 19.4 Å². The molecule has 0 aliphatic carbocycles. The Morgan fingerprint density at radius 1 is 1.29 bits per heavy atom. The van der Waals surface area contributed by atoms with Crippen LogP contribution in [0.5, 0.6) is 0 Å². The zero-order valence-corrected chi connectivity index (χ0v) is 12.6. The van der Waals surface area contributed by atoms with Gasteiger partial charge in [0.05, 0.1) is 6.10 Å². The first kappa shape index (κ1) is 16.0. The second kappa shape index (κ2) is 7.61. The van der Waals surface area contributed by atoms with E-state index in [0.29, 0.717) is 32.7 Å². The van der Waals surface area contributed by atoms with E-state index in [1.54, 1.807) is 11.8 Å². The highest BCUT2D eigenvalue weighted by atomic mass is 16.5. The highest BCUT2D eigenvalue weighted by molar-refractivity contribution is 5.75. The molecule has 0 radical (unpaired) electrons. The number of piperazine rings is 1. The van der Waals surface area contributed by atoms with E-state index in [2.05, 4.69) is 5.32 Å². The Bertz CT molecular complexity index is 363. The molecule has 2 amide bonds. The Morgan fingerprint density at radius 2 is 2.00 bits per heavy atom. The van der Waals surface area contributed by atoms with E-state index in [4.69, 9.17) is 9.84 Å². The molecule has 2 atom stereocenters. The first-order valence-corrected chi connectivity index (χ1v) is 7.69. The number of amides is 2. The van der Waals surface area contributed by atoms with Crippen molar-refractivity contribution in [2.75, 3.05) is 39.3 Å². The van der Waals surface area contributed by atoms with Gasteiger partial charge < -0.3 is 20.1 Å². The van der Waals surface area contributed by atoms with Gasteiger partial charge in [0.1, 0.15) is 6.04 Å². The van der Waals surface area contributed by atoms with Crippen LogP contribution in [0.1, 0.15) is 26.2 Å². The Morgan fingerprint density at radius 3 is 2.57 bits per heavy atom. The quantitative estimate of drug-likeness (QED) is 0.783. The van der Waals surface area contributed by atoms with Gasteiger partial charge in [0.25, 0.3) is 0 Å². The lowest BCUT2D eigenvalue weighted by Crippen LogP contribution is -2.55. The van der Waals surface area contributed by atoms with Crippen LogP contribution < -0.4 is 5.32 Å². The van der Waals surface area contributed by atoms with E-state index >= 15 is 0 Å². The summed E-state index contributed by atoms with van der Waals surface area (Å²) >= 11 is 0. The van der Waals surface area contributed by atoms with Gasteiger partial charge >= 0.3 is 12.0 Å². The predicted octanol–water partition coefficient (Wildman–Crippen LogP) is 0.356. The SMILES string of the molecule is CC(C(=O)O)N1CCN(C(=O)NCC2CCCCO2)CC1. The van der Waals surface area contributed by atoms with Gasteiger partial charge in [0.2, 0.25) is 0 Å². The third-order valence-electron chi connectivity index (χ3n) is 4.26. The third kappa shape index (κ3) is 4.57. The molecule has 2 unspecified atom stereocenters. The normalized spacial score (nSPS) is 25.4. The molecule has 2 aliphatic rings. The second-order valence-electron chi connectivity index (χ2n) is 5.71. The Balaban J connectivity index is 1.69. The van der Waals surface area contributed by atoms with Gasteiger partial charge in [-0.25, -0.2) is 4.79 Å². The lowest BCUT2D eigenvalue weighted by atomic mass is 10.1. The van der Waals surface area contributed by atoms with Crippen molar-refractivity contribution in [3.05, 3.63) is 0 Å². The predicted molar refractivity (Wildman–Crippen MR) is 77.2 cm³/mol. The number of urea groups is 1. The number of nitrogens with one attached hydrogen (secondary N) is 1. The fraction of sp³-hybridized carbons (Fsp3) is 0.857. The van der Waals surface area contributed by atoms with Crippen LogP contribution >= 0.6 is 0 Å². The summed E-state index contributed by atoms with van der Waals surface area (Å²) in [6.07, 6.45) is 3.40. The summed E-state index contributed by atoms with van der Waals surface area (Å²) in [6, 6.07) is -0.572. The van der Waals surface area contributed by atoms with Gasteiger partial charge in [-0.1, -0.05) is 0 Å². The van der Waals surface area contributed by atoms with Crippen LogP contribution in [0.25, 0.3) is 0 Å². The van der Waals surface area contributed by atoms with Crippen molar-refractivity contribution in [1.82, 2.24) is 15.1 Å². The molecule has 2 heterocycles. The number of carbonyl (C=O) groups excluding carboxylic acids is 1.